The van der Waals surface area contributed by atoms with Gasteiger partial charge in [0, 0.05) is 18.9 Å². The van der Waals surface area contributed by atoms with Crippen molar-refractivity contribution in [2.24, 2.45) is 5.73 Å². The van der Waals surface area contributed by atoms with E-state index in [1.807, 2.05) is 13.8 Å². The Morgan fingerprint density at radius 1 is 1.33 bits per heavy atom. The summed E-state index contributed by atoms with van der Waals surface area (Å²) in [6.45, 7) is 4.49. The number of carbonyl (C=O) groups is 3. The van der Waals surface area contributed by atoms with E-state index in [2.05, 4.69) is 10.6 Å². The average molecular weight is 259 g/mol. The van der Waals surface area contributed by atoms with Crippen molar-refractivity contribution >= 4 is 17.8 Å². The smallest absolute Gasteiger partial charge is 0.326 e. The highest BCUT2D eigenvalue weighted by Gasteiger charge is 2.21. The second-order valence-corrected chi connectivity index (χ2v) is 4.13. The van der Waals surface area contributed by atoms with E-state index >= 15 is 0 Å². The molecule has 2 atom stereocenters. The maximum atomic E-state index is 11.6. The van der Waals surface area contributed by atoms with Gasteiger partial charge in [0.2, 0.25) is 11.8 Å². The van der Waals surface area contributed by atoms with Gasteiger partial charge in [-0.2, -0.15) is 0 Å². The van der Waals surface area contributed by atoms with Crippen LogP contribution in [0.4, 0.5) is 0 Å². The lowest BCUT2D eigenvalue weighted by Crippen LogP contribution is -2.43. The standard InChI is InChI=1S/C11H21N3O4/c1-3-13-7(2)6-10(16)14-8(11(17)18)4-5-9(12)15/h7-8,13H,3-6H2,1-2H3,(H2,12,15)(H,14,16)(H,17,18)/t7?,8-/m0/s1. The monoisotopic (exact) mass is 259 g/mol. The van der Waals surface area contributed by atoms with Crippen LogP contribution in [-0.4, -0.2) is 41.5 Å². The molecule has 5 N–H and O–H groups in total. The highest BCUT2D eigenvalue weighted by atomic mass is 16.4. The Balaban J connectivity index is 4.19. The third-order valence-electron chi connectivity index (χ3n) is 2.36. The summed E-state index contributed by atoms with van der Waals surface area (Å²) in [5, 5.41) is 14.3. The molecule has 0 aromatic heterocycles. The van der Waals surface area contributed by atoms with E-state index in [0.717, 1.165) is 6.54 Å². The molecule has 0 saturated carbocycles. The van der Waals surface area contributed by atoms with Gasteiger partial charge in [-0.3, -0.25) is 9.59 Å². The van der Waals surface area contributed by atoms with Crippen LogP contribution < -0.4 is 16.4 Å². The number of carbonyl (C=O) groups excluding carboxylic acids is 2. The first kappa shape index (κ1) is 16.4. The SMILES string of the molecule is CCNC(C)CC(=O)N[C@@H](CCC(N)=O)C(=O)O. The molecule has 0 radical (unpaired) electrons. The summed E-state index contributed by atoms with van der Waals surface area (Å²) < 4.78 is 0. The molecule has 0 aliphatic heterocycles. The molecular weight excluding hydrogens is 238 g/mol. The third-order valence-corrected chi connectivity index (χ3v) is 2.36. The van der Waals surface area contributed by atoms with E-state index in [-0.39, 0.29) is 31.2 Å². The zero-order valence-corrected chi connectivity index (χ0v) is 10.7. The highest BCUT2D eigenvalue weighted by Crippen LogP contribution is 1.99. The summed E-state index contributed by atoms with van der Waals surface area (Å²) in [5.41, 5.74) is 4.94. The minimum atomic E-state index is -1.17. The van der Waals surface area contributed by atoms with E-state index < -0.39 is 17.9 Å². The number of carboxylic acid groups (broad SMARTS) is 1. The Bertz CT molecular complexity index is 307. The summed E-state index contributed by atoms with van der Waals surface area (Å²) in [7, 11) is 0. The Morgan fingerprint density at radius 3 is 2.39 bits per heavy atom. The van der Waals surface area contributed by atoms with Crippen LogP contribution in [0.25, 0.3) is 0 Å². The molecule has 7 heteroatoms. The molecule has 104 valence electrons. The second-order valence-electron chi connectivity index (χ2n) is 4.13. The zero-order chi connectivity index (χ0) is 14.1. The Morgan fingerprint density at radius 2 is 1.94 bits per heavy atom. The number of amides is 2. The van der Waals surface area contributed by atoms with Crippen LogP contribution in [0.15, 0.2) is 0 Å². The van der Waals surface area contributed by atoms with Crippen molar-refractivity contribution in [3.05, 3.63) is 0 Å². The van der Waals surface area contributed by atoms with Crippen molar-refractivity contribution in [3.63, 3.8) is 0 Å². The highest BCUT2D eigenvalue weighted by molar-refractivity contribution is 5.84. The first-order chi connectivity index (χ1) is 8.36. The Hall–Kier alpha value is -1.63. The molecule has 0 bridgehead atoms. The first-order valence-electron chi connectivity index (χ1n) is 5.90. The number of primary amides is 1. The molecule has 0 aliphatic carbocycles. The van der Waals surface area contributed by atoms with Crippen LogP contribution in [0.5, 0.6) is 0 Å². The quantitative estimate of drug-likeness (QED) is 0.432. The van der Waals surface area contributed by atoms with E-state index in [1.165, 1.54) is 0 Å². The molecule has 0 fully saturated rings. The van der Waals surface area contributed by atoms with Crippen molar-refractivity contribution in [2.45, 2.75) is 45.2 Å². The summed E-state index contributed by atoms with van der Waals surface area (Å²) in [4.78, 5) is 33.0. The van der Waals surface area contributed by atoms with E-state index in [0.29, 0.717) is 0 Å². The predicted octanol–water partition coefficient (Wildman–Crippen LogP) is -0.791. The van der Waals surface area contributed by atoms with Crippen LogP contribution in [0.1, 0.15) is 33.1 Å². The summed E-state index contributed by atoms with van der Waals surface area (Å²) >= 11 is 0. The fourth-order valence-electron chi connectivity index (χ4n) is 1.50. The van der Waals surface area contributed by atoms with Gasteiger partial charge in [0.1, 0.15) is 6.04 Å². The lowest BCUT2D eigenvalue weighted by Gasteiger charge is -2.16. The second kappa shape index (κ2) is 8.46. The molecule has 18 heavy (non-hydrogen) atoms. The Labute approximate surface area is 106 Å². The minimum absolute atomic E-state index is 0.00595. The van der Waals surface area contributed by atoms with Crippen LogP contribution in [0.3, 0.4) is 0 Å². The number of rotatable bonds is 9. The predicted molar refractivity (Wildman–Crippen MR) is 65.8 cm³/mol. The number of hydrogen-bond donors (Lipinski definition) is 4. The van der Waals surface area contributed by atoms with Gasteiger partial charge in [-0.25, -0.2) is 4.79 Å². The maximum absolute atomic E-state index is 11.6. The minimum Gasteiger partial charge on any atom is -0.480 e. The van der Waals surface area contributed by atoms with Crippen molar-refractivity contribution in [1.82, 2.24) is 10.6 Å². The van der Waals surface area contributed by atoms with E-state index in [9.17, 15) is 14.4 Å². The van der Waals surface area contributed by atoms with Crippen LogP contribution in [0.2, 0.25) is 0 Å². The number of aliphatic carboxylic acids is 1. The van der Waals surface area contributed by atoms with Gasteiger partial charge in [-0.1, -0.05) is 6.92 Å². The van der Waals surface area contributed by atoms with Gasteiger partial charge >= 0.3 is 5.97 Å². The van der Waals surface area contributed by atoms with Crippen LogP contribution >= 0.6 is 0 Å². The molecule has 1 unspecified atom stereocenters. The molecule has 7 nitrogen and oxygen atoms in total. The van der Waals surface area contributed by atoms with E-state index in [1.54, 1.807) is 0 Å². The largest absolute Gasteiger partial charge is 0.480 e. The van der Waals surface area contributed by atoms with Crippen molar-refractivity contribution in [2.75, 3.05) is 6.54 Å². The van der Waals surface area contributed by atoms with Gasteiger partial charge < -0.3 is 21.5 Å². The fourth-order valence-corrected chi connectivity index (χ4v) is 1.50. The first-order valence-corrected chi connectivity index (χ1v) is 5.90. The molecule has 0 aromatic rings. The topological polar surface area (TPSA) is 122 Å². The summed E-state index contributed by atoms with van der Waals surface area (Å²) in [6, 6.07) is -1.10. The van der Waals surface area contributed by atoms with Crippen molar-refractivity contribution < 1.29 is 19.5 Å². The summed E-state index contributed by atoms with van der Waals surface area (Å²) in [6.07, 6.45) is 0.125. The Kier molecular flexibility index (Phi) is 7.69. The van der Waals surface area contributed by atoms with Crippen LogP contribution in [-0.2, 0) is 14.4 Å². The normalized spacial score (nSPS) is 13.7. The molecule has 0 spiro atoms. The lowest BCUT2D eigenvalue weighted by atomic mass is 10.1. The van der Waals surface area contributed by atoms with Crippen LogP contribution in [0, 0.1) is 0 Å². The zero-order valence-electron chi connectivity index (χ0n) is 10.7. The maximum Gasteiger partial charge on any atom is 0.326 e. The number of nitrogens with one attached hydrogen (secondary N) is 2. The molecule has 0 aromatic carbocycles. The van der Waals surface area contributed by atoms with Gasteiger partial charge in [0.15, 0.2) is 0 Å². The lowest BCUT2D eigenvalue weighted by molar-refractivity contribution is -0.142. The number of nitrogens with two attached hydrogens (primary N) is 1. The van der Waals surface area contributed by atoms with Gasteiger partial charge in [0.05, 0.1) is 0 Å². The average Bonchev–Trinajstić information content (AvgIpc) is 2.23. The molecule has 2 amide bonds. The van der Waals surface area contributed by atoms with Crippen molar-refractivity contribution in [3.8, 4) is 0 Å². The fraction of sp³-hybridized carbons (Fsp3) is 0.727. The van der Waals surface area contributed by atoms with Gasteiger partial charge in [-0.15, -0.1) is 0 Å². The third kappa shape index (κ3) is 7.61. The van der Waals surface area contributed by atoms with Gasteiger partial charge in [-0.05, 0) is 19.9 Å². The number of carboxylic acids is 1. The van der Waals surface area contributed by atoms with E-state index in [4.69, 9.17) is 10.8 Å². The molecule has 0 heterocycles. The number of hydrogen-bond acceptors (Lipinski definition) is 4. The molecule has 0 aliphatic rings. The molecule has 0 rings (SSSR count). The molecular formula is C11H21N3O4. The van der Waals surface area contributed by atoms with Gasteiger partial charge in [0.25, 0.3) is 0 Å². The molecule has 0 saturated heterocycles. The van der Waals surface area contributed by atoms with Crippen molar-refractivity contribution in [1.29, 1.82) is 0 Å². The summed E-state index contributed by atoms with van der Waals surface area (Å²) in [5.74, 6) is -2.11.